The fraction of sp³-hybridized carbons (Fsp3) is 0.357. The fourth-order valence-electron chi connectivity index (χ4n) is 1.83. The monoisotopic (exact) mass is 320 g/mol. The van der Waals surface area contributed by atoms with Crippen molar-refractivity contribution < 1.29 is 9.72 Å². The van der Waals surface area contributed by atoms with Gasteiger partial charge >= 0.3 is 0 Å². The first-order valence-electron chi connectivity index (χ1n) is 6.59. The summed E-state index contributed by atoms with van der Waals surface area (Å²) in [5, 5.41) is 22.8. The van der Waals surface area contributed by atoms with Crippen LogP contribution in [0.2, 0.25) is 0 Å². The summed E-state index contributed by atoms with van der Waals surface area (Å²) in [6, 6.07) is 4.63. The van der Waals surface area contributed by atoms with E-state index < -0.39 is 10.8 Å². The number of para-hydroxylation sites is 1. The topological polar surface area (TPSA) is 98.0 Å². The van der Waals surface area contributed by atoms with Crippen LogP contribution in [0.5, 0.6) is 0 Å². The molecule has 2 rings (SSSR count). The lowest BCUT2D eigenvalue weighted by molar-refractivity contribution is -0.385. The number of hydrogen-bond acceptors (Lipinski definition) is 6. The lowest BCUT2D eigenvalue weighted by Crippen LogP contribution is -2.14. The minimum atomic E-state index is -0.563. The number of nitrogens with one attached hydrogen (secondary N) is 1. The molecule has 1 N–H and O–H groups in total. The Morgan fingerprint density at radius 1 is 1.32 bits per heavy atom. The molecule has 0 aliphatic rings. The number of nitrogens with zero attached hydrogens (tertiary/aromatic N) is 3. The van der Waals surface area contributed by atoms with Gasteiger partial charge in [0.15, 0.2) is 0 Å². The Kier molecular flexibility index (Phi) is 4.23. The van der Waals surface area contributed by atoms with Gasteiger partial charge in [0.1, 0.15) is 10.6 Å². The van der Waals surface area contributed by atoms with E-state index >= 15 is 0 Å². The molecule has 1 aromatic carbocycles. The molecule has 8 heteroatoms. The SMILES string of the molecule is Cc1cccc(C(=O)Nc2nnc(C(C)(C)C)s2)c1[N+](=O)[O-]. The van der Waals surface area contributed by atoms with Crippen molar-refractivity contribution in [3.8, 4) is 0 Å². The van der Waals surface area contributed by atoms with E-state index in [0.29, 0.717) is 10.7 Å². The molecule has 0 atom stereocenters. The first kappa shape index (κ1) is 16.0. The van der Waals surface area contributed by atoms with Crippen LogP contribution in [0.1, 0.15) is 41.7 Å². The fourth-order valence-corrected chi connectivity index (χ4v) is 2.62. The number of rotatable bonds is 3. The lowest BCUT2D eigenvalue weighted by atomic mass is 9.98. The zero-order chi connectivity index (χ0) is 16.5. The van der Waals surface area contributed by atoms with Crippen LogP contribution in [-0.4, -0.2) is 21.0 Å². The predicted molar refractivity (Wildman–Crippen MR) is 84.4 cm³/mol. The number of hydrogen-bond donors (Lipinski definition) is 1. The average Bonchev–Trinajstić information content (AvgIpc) is 2.86. The summed E-state index contributed by atoms with van der Waals surface area (Å²) in [5.74, 6) is -0.563. The van der Waals surface area contributed by atoms with E-state index in [1.807, 2.05) is 20.8 Å². The molecule has 0 unspecified atom stereocenters. The van der Waals surface area contributed by atoms with E-state index in [4.69, 9.17) is 0 Å². The van der Waals surface area contributed by atoms with Crippen LogP contribution in [0.3, 0.4) is 0 Å². The normalized spacial score (nSPS) is 11.3. The molecule has 0 aliphatic carbocycles. The minimum Gasteiger partial charge on any atom is -0.296 e. The maximum absolute atomic E-state index is 12.3. The van der Waals surface area contributed by atoms with Crippen molar-refractivity contribution in [2.75, 3.05) is 5.32 Å². The van der Waals surface area contributed by atoms with Gasteiger partial charge in [-0.15, -0.1) is 10.2 Å². The molecule has 22 heavy (non-hydrogen) atoms. The smallest absolute Gasteiger partial charge is 0.285 e. The van der Waals surface area contributed by atoms with Crippen LogP contribution in [0.25, 0.3) is 0 Å². The van der Waals surface area contributed by atoms with Gasteiger partial charge < -0.3 is 0 Å². The summed E-state index contributed by atoms with van der Waals surface area (Å²) in [5.41, 5.74) is 0.0825. The Morgan fingerprint density at radius 2 is 2.00 bits per heavy atom. The maximum Gasteiger partial charge on any atom is 0.285 e. The number of carbonyl (C=O) groups excluding carboxylic acids is 1. The number of aryl methyl sites for hydroxylation is 1. The molecule has 0 bridgehead atoms. The van der Waals surface area contributed by atoms with Crippen molar-refractivity contribution >= 4 is 28.1 Å². The molecular formula is C14H16N4O3S. The number of amides is 1. The Labute approximate surface area is 131 Å². The second kappa shape index (κ2) is 5.80. The summed E-state index contributed by atoms with van der Waals surface area (Å²) < 4.78 is 0. The molecule has 7 nitrogen and oxygen atoms in total. The zero-order valence-electron chi connectivity index (χ0n) is 12.7. The van der Waals surface area contributed by atoms with Gasteiger partial charge in [-0.1, -0.05) is 44.2 Å². The van der Waals surface area contributed by atoms with E-state index in [-0.39, 0.29) is 16.7 Å². The third-order valence-electron chi connectivity index (χ3n) is 2.95. The van der Waals surface area contributed by atoms with Gasteiger partial charge in [-0.3, -0.25) is 20.2 Å². The van der Waals surface area contributed by atoms with Gasteiger partial charge in [0.2, 0.25) is 5.13 Å². The van der Waals surface area contributed by atoms with Crippen LogP contribution >= 0.6 is 11.3 Å². The molecular weight excluding hydrogens is 304 g/mol. The van der Waals surface area contributed by atoms with Gasteiger partial charge in [0.25, 0.3) is 11.6 Å². The molecule has 2 aromatic rings. The van der Waals surface area contributed by atoms with Gasteiger partial charge in [-0.25, -0.2) is 0 Å². The first-order valence-corrected chi connectivity index (χ1v) is 7.41. The highest BCUT2D eigenvalue weighted by Gasteiger charge is 2.24. The third kappa shape index (κ3) is 3.28. The number of benzene rings is 1. The number of nitro benzene ring substituents is 1. The van der Waals surface area contributed by atoms with Gasteiger partial charge in [0, 0.05) is 11.0 Å². The van der Waals surface area contributed by atoms with Crippen molar-refractivity contribution in [1.82, 2.24) is 10.2 Å². The van der Waals surface area contributed by atoms with Crippen LogP contribution in [-0.2, 0) is 5.41 Å². The third-order valence-corrected chi connectivity index (χ3v) is 4.22. The molecule has 1 heterocycles. The quantitative estimate of drug-likeness (QED) is 0.691. The Hall–Kier alpha value is -2.35. The maximum atomic E-state index is 12.3. The molecule has 0 aliphatic heterocycles. The molecule has 0 fully saturated rings. The lowest BCUT2D eigenvalue weighted by Gasteiger charge is -2.12. The number of nitro groups is 1. The molecule has 0 radical (unpaired) electrons. The molecule has 0 spiro atoms. The van der Waals surface area contributed by atoms with E-state index in [0.717, 1.165) is 5.01 Å². The van der Waals surface area contributed by atoms with E-state index in [2.05, 4.69) is 15.5 Å². The second-order valence-electron chi connectivity index (χ2n) is 5.84. The number of anilines is 1. The highest BCUT2D eigenvalue weighted by Crippen LogP contribution is 2.29. The summed E-state index contributed by atoms with van der Waals surface area (Å²) in [6.07, 6.45) is 0. The standard InChI is InChI=1S/C14H16N4O3S/c1-8-6-5-7-9(10(8)18(20)21)11(19)15-13-17-16-12(22-13)14(2,3)4/h5-7H,1-4H3,(H,15,17,19). The van der Waals surface area contributed by atoms with Crippen LogP contribution < -0.4 is 5.32 Å². The predicted octanol–water partition coefficient (Wildman–Crippen LogP) is 3.30. The highest BCUT2D eigenvalue weighted by atomic mass is 32.1. The Balaban J connectivity index is 2.29. The number of aromatic nitrogens is 2. The molecule has 116 valence electrons. The van der Waals surface area contributed by atoms with E-state index in [9.17, 15) is 14.9 Å². The van der Waals surface area contributed by atoms with E-state index in [1.165, 1.54) is 17.4 Å². The highest BCUT2D eigenvalue weighted by molar-refractivity contribution is 7.15. The van der Waals surface area contributed by atoms with Gasteiger partial charge in [0.05, 0.1) is 4.92 Å². The van der Waals surface area contributed by atoms with Crippen molar-refractivity contribution in [3.05, 3.63) is 44.4 Å². The van der Waals surface area contributed by atoms with Crippen molar-refractivity contribution in [1.29, 1.82) is 0 Å². The average molecular weight is 320 g/mol. The van der Waals surface area contributed by atoms with Crippen molar-refractivity contribution in [3.63, 3.8) is 0 Å². The summed E-state index contributed by atoms with van der Waals surface area (Å²) in [7, 11) is 0. The largest absolute Gasteiger partial charge is 0.296 e. The summed E-state index contributed by atoms with van der Waals surface area (Å²) in [4.78, 5) is 22.9. The summed E-state index contributed by atoms with van der Waals surface area (Å²) in [6.45, 7) is 7.57. The van der Waals surface area contributed by atoms with Crippen LogP contribution in [0, 0.1) is 17.0 Å². The molecule has 1 aromatic heterocycles. The van der Waals surface area contributed by atoms with Crippen molar-refractivity contribution in [2.45, 2.75) is 33.1 Å². The molecule has 1 amide bonds. The van der Waals surface area contributed by atoms with Gasteiger partial charge in [-0.05, 0) is 13.0 Å². The van der Waals surface area contributed by atoms with Gasteiger partial charge in [-0.2, -0.15) is 0 Å². The Morgan fingerprint density at radius 3 is 2.55 bits per heavy atom. The minimum absolute atomic E-state index is 0.0116. The second-order valence-corrected chi connectivity index (χ2v) is 6.82. The van der Waals surface area contributed by atoms with E-state index in [1.54, 1.807) is 19.1 Å². The summed E-state index contributed by atoms with van der Waals surface area (Å²) >= 11 is 1.26. The van der Waals surface area contributed by atoms with Crippen molar-refractivity contribution in [2.24, 2.45) is 0 Å². The first-order chi connectivity index (χ1) is 10.2. The Bertz CT molecular complexity index is 734. The van der Waals surface area contributed by atoms with Crippen LogP contribution in [0.15, 0.2) is 18.2 Å². The zero-order valence-corrected chi connectivity index (χ0v) is 13.5. The molecule has 0 saturated carbocycles. The number of carbonyl (C=O) groups is 1. The van der Waals surface area contributed by atoms with Crippen LogP contribution in [0.4, 0.5) is 10.8 Å². The molecule has 0 saturated heterocycles.